The number of carbonyl (C=O) groups is 1. The number of carbonyl (C=O) groups excluding carboxylic acids is 1. The Morgan fingerprint density at radius 2 is 2.30 bits per heavy atom. The lowest BCUT2D eigenvalue weighted by Crippen LogP contribution is -2.01. The maximum Gasteiger partial charge on any atom is 0.374 e. The van der Waals surface area contributed by atoms with Crippen LogP contribution in [-0.4, -0.2) is 11.5 Å². The predicted molar refractivity (Wildman–Crippen MR) is 44.3 cm³/mol. The normalized spacial score (nSPS) is 12.7. The summed E-state index contributed by atoms with van der Waals surface area (Å²) in [5, 5.41) is 0. The van der Waals surface area contributed by atoms with Crippen molar-refractivity contribution in [1.29, 1.82) is 0 Å². The third-order valence-electron chi connectivity index (χ3n) is 1.52. The highest BCUT2D eigenvalue weighted by Gasteiger charge is 1.99. The molecule has 2 nitrogen and oxygen atoms in total. The molecule has 0 heterocycles. The second-order valence-electron chi connectivity index (χ2n) is 2.39. The Kier molecular flexibility index (Phi) is 5.69. The molecule has 0 aliphatic heterocycles. The molecule has 0 spiro atoms. The van der Waals surface area contributed by atoms with E-state index in [-0.39, 0.29) is 4.88 Å². The first kappa shape index (κ1) is 9.95. The summed E-state index contributed by atoms with van der Waals surface area (Å²) in [4.78, 5) is 9.84. The first-order valence-electron chi connectivity index (χ1n) is 3.49. The molecular formula is C7H13BrO2. The molecule has 3 heteroatoms. The highest BCUT2D eigenvalue weighted by molar-refractivity contribution is 9.18. The fraction of sp³-hybridized carbons (Fsp3) is 0.857. The van der Waals surface area contributed by atoms with Gasteiger partial charge in [-0.15, -0.1) is 0 Å². The van der Waals surface area contributed by atoms with E-state index in [9.17, 15) is 4.79 Å². The first-order chi connectivity index (χ1) is 4.66. The molecule has 10 heavy (non-hydrogen) atoms. The van der Waals surface area contributed by atoms with Crippen molar-refractivity contribution in [2.45, 2.75) is 26.7 Å². The van der Waals surface area contributed by atoms with Crippen LogP contribution in [0.1, 0.15) is 26.7 Å². The van der Waals surface area contributed by atoms with Gasteiger partial charge in [0.05, 0.1) is 6.61 Å². The van der Waals surface area contributed by atoms with Crippen LogP contribution in [0.25, 0.3) is 0 Å². The molecule has 0 fully saturated rings. The van der Waals surface area contributed by atoms with E-state index in [2.05, 4.69) is 29.8 Å². The Hall–Kier alpha value is -0.0500. The van der Waals surface area contributed by atoms with E-state index in [4.69, 9.17) is 4.74 Å². The van der Waals surface area contributed by atoms with E-state index >= 15 is 0 Å². The van der Waals surface area contributed by atoms with E-state index < -0.39 is 0 Å². The Bertz CT molecular complexity index is 104. The van der Waals surface area contributed by atoms with Crippen LogP contribution in [0, 0.1) is 5.92 Å². The molecule has 0 rings (SSSR count). The zero-order chi connectivity index (χ0) is 7.98. The van der Waals surface area contributed by atoms with Gasteiger partial charge in [-0.05, 0) is 12.3 Å². The van der Waals surface area contributed by atoms with Crippen molar-refractivity contribution >= 4 is 20.8 Å². The van der Waals surface area contributed by atoms with E-state index in [0.29, 0.717) is 12.5 Å². The van der Waals surface area contributed by atoms with Crippen LogP contribution >= 0.6 is 15.9 Å². The SMILES string of the molecule is CCC(C)CCOC(=O)Br. The molecule has 0 aromatic heterocycles. The number of hydrogen-bond acceptors (Lipinski definition) is 2. The topological polar surface area (TPSA) is 26.3 Å². The Labute approximate surface area is 70.1 Å². The Balaban J connectivity index is 3.11. The molecular weight excluding hydrogens is 196 g/mol. The molecule has 0 N–H and O–H groups in total. The lowest BCUT2D eigenvalue weighted by Gasteiger charge is -2.06. The van der Waals surface area contributed by atoms with Crippen molar-refractivity contribution in [3.63, 3.8) is 0 Å². The summed E-state index contributed by atoms with van der Waals surface area (Å²) in [5.41, 5.74) is 0. The van der Waals surface area contributed by atoms with Crippen molar-refractivity contribution in [2.75, 3.05) is 6.61 Å². The number of halogens is 1. The molecule has 1 unspecified atom stereocenters. The van der Waals surface area contributed by atoms with Crippen molar-refractivity contribution in [2.24, 2.45) is 5.92 Å². The van der Waals surface area contributed by atoms with Crippen molar-refractivity contribution in [1.82, 2.24) is 0 Å². The molecule has 0 bridgehead atoms. The highest BCUT2D eigenvalue weighted by Crippen LogP contribution is 2.06. The number of hydrogen-bond donors (Lipinski definition) is 0. The summed E-state index contributed by atoms with van der Waals surface area (Å²) in [6, 6.07) is 0. The van der Waals surface area contributed by atoms with Crippen LogP contribution in [0.2, 0.25) is 0 Å². The molecule has 0 saturated carbocycles. The molecule has 60 valence electrons. The molecule has 1 atom stereocenters. The number of ether oxygens (including phenoxy) is 1. The van der Waals surface area contributed by atoms with E-state index in [0.717, 1.165) is 12.8 Å². The van der Waals surface area contributed by atoms with Crippen LogP contribution in [0.4, 0.5) is 4.79 Å². The van der Waals surface area contributed by atoms with Gasteiger partial charge in [-0.1, -0.05) is 20.3 Å². The molecule has 0 amide bonds. The fourth-order valence-corrected chi connectivity index (χ4v) is 0.706. The molecule has 0 radical (unpaired) electrons. The van der Waals surface area contributed by atoms with E-state index in [1.165, 1.54) is 0 Å². The van der Waals surface area contributed by atoms with Crippen LogP contribution in [0.15, 0.2) is 0 Å². The maximum absolute atomic E-state index is 10.2. The minimum atomic E-state index is -0.365. The van der Waals surface area contributed by atoms with E-state index in [1.807, 2.05) is 0 Å². The first-order valence-corrected chi connectivity index (χ1v) is 4.28. The van der Waals surface area contributed by atoms with Crippen molar-refractivity contribution < 1.29 is 9.53 Å². The molecule has 0 aliphatic rings. The zero-order valence-electron chi connectivity index (χ0n) is 6.39. The zero-order valence-corrected chi connectivity index (χ0v) is 7.98. The summed E-state index contributed by atoms with van der Waals surface area (Å²) in [5.74, 6) is 0.645. The van der Waals surface area contributed by atoms with E-state index in [1.54, 1.807) is 0 Å². The van der Waals surface area contributed by atoms with Gasteiger partial charge in [0.2, 0.25) is 0 Å². The summed E-state index contributed by atoms with van der Waals surface area (Å²) < 4.78 is 4.69. The average Bonchev–Trinajstić information content (AvgIpc) is 1.87. The van der Waals surface area contributed by atoms with Gasteiger partial charge >= 0.3 is 4.88 Å². The minimum Gasteiger partial charge on any atom is -0.457 e. The lowest BCUT2D eigenvalue weighted by atomic mass is 10.1. The summed E-state index contributed by atoms with van der Waals surface area (Å²) in [7, 11) is 0. The van der Waals surface area contributed by atoms with Gasteiger partial charge in [-0.25, -0.2) is 4.79 Å². The summed E-state index contributed by atoms with van der Waals surface area (Å²) >= 11 is 2.69. The smallest absolute Gasteiger partial charge is 0.374 e. The largest absolute Gasteiger partial charge is 0.457 e. The molecule has 0 saturated heterocycles. The van der Waals surface area contributed by atoms with Gasteiger partial charge in [-0.2, -0.15) is 0 Å². The maximum atomic E-state index is 10.2. The molecule has 0 aromatic carbocycles. The van der Waals surface area contributed by atoms with Gasteiger partial charge in [0.25, 0.3) is 0 Å². The minimum absolute atomic E-state index is 0.365. The quantitative estimate of drug-likeness (QED) is 0.665. The lowest BCUT2D eigenvalue weighted by molar-refractivity contribution is 0.168. The monoisotopic (exact) mass is 208 g/mol. The number of rotatable bonds is 4. The highest BCUT2D eigenvalue weighted by atomic mass is 79.9. The third kappa shape index (κ3) is 6.08. The van der Waals surface area contributed by atoms with Crippen LogP contribution in [-0.2, 0) is 4.74 Å². The van der Waals surface area contributed by atoms with Crippen molar-refractivity contribution in [3.8, 4) is 0 Å². The van der Waals surface area contributed by atoms with Gasteiger partial charge < -0.3 is 4.74 Å². The van der Waals surface area contributed by atoms with Gasteiger partial charge in [0, 0.05) is 15.9 Å². The second kappa shape index (κ2) is 5.71. The molecule has 0 aliphatic carbocycles. The van der Waals surface area contributed by atoms with Crippen LogP contribution in [0.5, 0.6) is 0 Å². The third-order valence-corrected chi connectivity index (χ3v) is 1.75. The van der Waals surface area contributed by atoms with Crippen LogP contribution in [0.3, 0.4) is 0 Å². The summed E-state index contributed by atoms with van der Waals surface area (Å²) in [6.07, 6.45) is 2.09. The second-order valence-corrected chi connectivity index (χ2v) is 3.04. The Morgan fingerprint density at radius 1 is 1.70 bits per heavy atom. The fourth-order valence-electron chi connectivity index (χ4n) is 0.544. The predicted octanol–water partition coefficient (Wildman–Crippen LogP) is 2.95. The van der Waals surface area contributed by atoms with Gasteiger partial charge in [-0.3, -0.25) is 0 Å². The standard InChI is InChI=1S/C7H13BrO2/c1-3-6(2)4-5-10-7(8)9/h6H,3-5H2,1-2H3. The van der Waals surface area contributed by atoms with Gasteiger partial charge in [0.1, 0.15) is 0 Å². The van der Waals surface area contributed by atoms with Gasteiger partial charge in [0.15, 0.2) is 0 Å². The Morgan fingerprint density at radius 3 is 2.70 bits per heavy atom. The average molecular weight is 209 g/mol. The van der Waals surface area contributed by atoms with Crippen molar-refractivity contribution in [3.05, 3.63) is 0 Å². The molecule has 0 aromatic rings. The van der Waals surface area contributed by atoms with Crippen LogP contribution < -0.4 is 0 Å². The summed E-state index contributed by atoms with van der Waals surface area (Å²) in [6.45, 7) is 4.79.